The van der Waals surface area contributed by atoms with Crippen molar-refractivity contribution in [3.8, 4) is 0 Å². The molecule has 72 heavy (non-hydrogen) atoms. The highest BCUT2D eigenvalue weighted by Gasteiger charge is 2.18. The van der Waals surface area contributed by atoms with Gasteiger partial charge in [-0.15, -0.1) is 0 Å². The molecule has 0 radical (unpaired) electrons. The molecular formula is C68H135NO3. The first-order valence-corrected chi connectivity index (χ1v) is 33.9. The summed E-state index contributed by atoms with van der Waals surface area (Å²) >= 11 is 0. The van der Waals surface area contributed by atoms with E-state index in [1.165, 1.54) is 353 Å². The lowest BCUT2D eigenvalue weighted by Crippen LogP contribution is -2.45. The predicted molar refractivity (Wildman–Crippen MR) is 323 cm³/mol. The largest absolute Gasteiger partial charge is 0.394 e. The fourth-order valence-electron chi connectivity index (χ4n) is 11.1. The number of hydrogen-bond acceptors (Lipinski definition) is 3. The Bertz CT molecular complexity index is 1010. The Morgan fingerprint density at radius 3 is 0.722 bits per heavy atom. The molecule has 0 aromatic rings. The molecule has 1 amide bonds. The number of allylic oxidation sites excluding steroid dienone is 1. The number of carbonyl (C=O) groups is 1. The maximum Gasteiger partial charge on any atom is 0.220 e. The van der Waals surface area contributed by atoms with Crippen molar-refractivity contribution < 1.29 is 15.0 Å². The van der Waals surface area contributed by atoms with Gasteiger partial charge in [0, 0.05) is 6.42 Å². The van der Waals surface area contributed by atoms with Crippen LogP contribution in [0.4, 0.5) is 0 Å². The normalized spacial score (nSPS) is 12.7. The SMILES string of the molecule is CCCCCCCCCCCCCCCCCCCCCCCC/C=C/C(O)C(CO)NC(=O)CCCCCCCCCCCCCCCCCCCCCCCCCCCCCCCCCCCCCC. The van der Waals surface area contributed by atoms with E-state index in [1.807, 2.05) is 6.08 Å². The maximum atomic E-state index is 12.5. The maximum absolute atomic E-state index is 12.5. The molecule has 0 saturated heterocycles. The van der Waals surface area contributed by atoms with E-state index in [0.29, 0.717) is 6.42 Å². The van der Waals surface area contributed by atoms with E-state index in [0.717, 1.165) is 25.7 Å². The van der Waals surface area contributed by atoms with Crippen LogP contribution in [0.3, 0.4) is 0 Å². The number of unbranched alkanes of at least 4 members (excludes halogenated alkanes) is 57. The van der Waals surface area contributed by atoms with E-state index >= 15 is 0 Å². The number of carbonyl (C=O) groups excluding carboxylic acids is 1. The molecule has 4 nitrogen and oxygen atoms in total. The van der Waals surface area contributed by atoms with Crippen LogP contribution in [0, 0.1) is 0 Å². The van der Waals surface area contributed by atoms with Crippen molar-refractivity contribution in [1.82, 2.24) is 5.32 Å². The molecular weight excluding hydrogens is 879 g/mol. The third-order valence-electron chi connectivity index (χ3n) is 16.3. The van der Waals surface area contributed by atoms with Crippen LogP contribution in [0.1, 0.15) is 399 Å². The van der Waals surface area contributed by atoms with Gasteiger partial charge in [0.25, 0.3) is 0 Å². The van der Waals surface area contributed by atoms with Crippen LogP contribution in [-0.2, 0) is 4.79 Å². The van der Waals surface area contributed by atoms with E-state index in [1.54, 1.807) is 6.08 Å². The Morgan fingerprint density at radius 2 is 0.514 bits per heavy atom. The average molecular weight is 1010 g/mol. The molecule has 2 unspecified atom stereocenters. The quantitative estimate of drug-likeness (QED) is 0.0420. The minimum absolute atomic E-state index is 0.0535. The third kappa shape index (κ3) is 60.0. The lowest BCUT2D eigenvalue weighted by atomic mass is 10.0. The molecule has 0 aliphatic carbocycles. The molecule has 0 bridgehead atoms. The first-order chi connectivity index (χ1) is 35.7. The summed E-state index contributed by atoms with van der Waals surface area (Å²) in [5.74, 6) is -0.0535. The van der Waals surface area contributed by atoms with E-state index in [2.05, 4.69) is 19.2 Å². The smallest absolute Gasteiger partial charge is 0.220 e. The van der Waals surface area contributed by atoms with Gasteiger partial charge in [-0.1, -0.05) is 386 Å². The fourth-order valence-corrected chi connectivity index (χ4v) is 11.1. The van der Waals surface area contributed by atoms with Crippen molar-refractivity contribution in [1.29, 1.82) is 0 Å². The van der Waals surface area contributed by atoms with Crippen molar-refractivity contribution >= 4 is 5.91 Å². The van der Waals surface area contributed by atoms with Gasteiger partial charge in [0.15, 0.2) is 0 Å². The first-order valence-electron chi connectivity index (χ1n) is 33.9. The number of aliphatic hydroxyl groups is 2. The summed E-state index contributed by atoms with van der Waals surface area (Å²) in [6, 6.07) is -0.619. The number of amides is 1. The Labute approximate surface area is 454 Å². The van der Waals surface area contributed by atoms with Crippen LogP contribution in [-0.4, -0.2) is 34.9 Å². The molecule has 430 valence electrons. The lowest BCUT2D eigenvalue weighted by Gasteiger charge is -2.20. The van der Waals surface area contributed by atoms with Crippen LogP contribution in [0.15, 0.2) is 12.2 Å². The minimum Gasteiger partial charge on any atom is -0.394 e. The molecule has 0 fully saturated rings. The predicted octanol–water partition coefficient (Wildman–Crippen LogP) is 22.8. The third-order valence-corrected chi connectivity index (χ3v) is 16.3. The second kappa shape index (κ2) is 64.4. The van der Waals surface area contributed by atoms with Gasteiger partial charge in [-0.05, 0) is 19.3 Å². The molecule has 3 N–H and O–H groups in total. The van der Waals surface area contributed by atoms with Gasteiger partial charge in [0.1, 0.15) is 0 Å². The van der Waals surface area contributed by atoms with Crippen LogP contribution in [0.25, 0.3) is 0 Å². The van der Waals surface area contributed by atoms with Crippen LogP contribution in [0.5, 0.6) is 0 Å². The highest BCUT2D eigenvalue weighted by molar-refractivity contribution is 5.76. The number of rotatable bonds is 64. The Balaban J connectivity index is 3.38. The molecule has 0 aliphatic rings. The Morgan fingerprint density at radius 1 is 0.319 bits per heavy atom. The monoisotopic (exact) mass is 1010 g/mol. The van der Waals surface area contributed by atoms with Crippen molar-refractivity contribution in [2.45, 2.75) is 411 Å². The summed E-state index contributed by atoms with van der Waals surface area (Å²) in [5.41, 5.74) is 0. The molecule has 0 aliphatic heterocycles. The molecule has 0 aromatic carbocycles. The summed E-state index contributed by atoms with van der Waals surface area (Å²) < 4.78 is 0. The van der Waals surface area contributed by atoms with Gasteiger partial charge in [0.05, 0.1) is 18.8 Å². The van der Waals surface area contributed by atoms with Crippen molar-refractivity contribution in [2.24, 2.45) is 0 Å². The van der Waals surface area contributed by atoms with Crippen molar-refractivity contribution in [3.63, 3.8) is 0 Å². The zero-order valence-corrected chi connectivity index (χ0v) is 49.7. The van der Waals surface area contributed by atoms with Gasteiger partial charge in [-0.3, -0.25) is 4.79 Å². The molecule has 4 heteroatoms. The zero-order chi connectivity index (χ0) is 52.0. The Kier molecular flexibility index (Phi) is 63.6. The van der Waals surface area contributed by atoms with Gasteiger partial charge in [0.2, 0.25) is 5.91 Å². The standard InChI is InChI=1S/C68H135NO3/c1-3-5-7-9-11-13-15-17-19-21-23-25-27-29-30-31-32-33-34-35-36-37-38-39-40-42-44-46-48-50-52-54-56-58-60-62-64-68(72)69-66(65-70)67(71)63-61-59-57-55-53-51-49-47-45-43-41-28-26-24-22-20-18-16-14-12-10-8-6-4-2/h61,63,66-67,70-71H,3-60,62,64-65H2,1-2H3,(H,69,72)/b63-61+. The van der Waals surface area contributed by atoms with Crippen LogP contribution < -0.4 is 5.32 Å². The minimum atomic E-state index is -0.837. The summed E-state index contributed by atoms with van der Waals surface area (Å²) in [4.78, 5) is 12.5. The highest BCUT2D eigenvalue weighted by atomic mass is 16.3. The van der Waals surface area contributed by atoms with Gasteiger partial charge < -0.3 is 15.5 Å². The lowest BCUT2D eigenvalue weighted by molar-refractivity contribution is -0.123. The van der Waals surface area contributed by atoms with E-state index < -0.39 is 12.1 Å². The average Bonchev–Trinajstić information content (AvgIpc) is 3.39. The molecule has 0 heterocycles. The Hall–Kier alpha value is -0.870. The summed E-state index contributed by atoms with van der Waals surface area (Å²) in [6.07, 6.45) is 85.8. The van der Waals surface area contributed by atoms with Gasteiger partial charge >= 0.3 is 0 Å². The van der Waals surface area contributed by atoms with E-state index in [4.69, 9.17) is 0 Å². The molecule has 0 aromatic heterocycles. The van der Waals surface area contributed by atoms with Crippen LogP contribution >= 0.6 is 0 Å². The number of aliphatic hydroxyl groups excluding tert-OH is 2. The summed E-state index contributed by atoms with van der Waals surface area (Å²) in [7, 11) is 0. The molecule has 2 atom stereocenters. The molecule has 0 saturated carbocycles. The van der Waals surface area contributed by atoms with Crippen molar-refractivity contribution in [2.75, 3.05) is 6.61 Å². The summed E-state index contributed by atoms with van der Waals surface area (Å²) in [6.45, 7) is 4.37. The van der Waals surface area contributed by atoms with Crippen LogP contribution in [0.2, 0.25) is 0 Å². The van der Waals surface area contributed by atoms with Crippen molar-refractivity contribution in [3.05, 3.63) is 12.2 Å². The van der Waals surface area contributed by atoms with Gasteiger partial charge in [-0.25, -0.2) is 0 Å². The first kappa shape index (κ1) is 71.1. The number of hydrogen-bond donors (Lipinski definition) is 3. The second-order valence-corrected chi connectivity index (χ2v) is 23.6. The summed E-state index contributed by atoms with van der Waals surface area (Å²) in [5, 5.41) is 23.3. The van der Waals surface area contributed by atoms with Gasteiger partial charge in [-0.2, -0.15) is 0 Å². The van der Waals surface area contributed by atoms with E-state index in [-0.39, 0.29) is 12.5 Å². The zero-order valence-electron chi connectivity index (χ0n) is 49.7. The van der Waals surface area contributed by atoms with E-state index in [9.17, 15) is 15.0 Å². The topological polar surface area (TPSA) is 69.6 Å². The second-order valence-electron chi connectivity index (χ2n) is 23.6. The fraction of sp³-hybridized carbons (Fsp3) is 0.956. The molecule has 0 spiro atoms. The molecule has 0 rings (SSSR count). The highest BCUT2D eigenvalue weighted by Crippen LogP contribution is 2.19. The number of nitrogens with one attached hydrogen (secondary N) is 1.